The van der Waals surface area contributed by atoms with Gasteiger partial charge in [0.05, 0.1) is 36.2 Å². The average Bonchev–Trinajstić information content (AvgIpc) is 3.71. The van der Waals surface area contributed by atoms with Crippen molar-refractivity contribution in [3.05, 3.63) is 126 Å². The van der Waals surface area contributed by atoms with E-state index in [0.717, 1.165) is 29.7 Å². The molecule has 2 aromatic heterocycles. The highest BCUT2D eigenvalue weighted by molar-refractivity contribution is 6.04. The zero-order valence-corrected chi connectivity index (χ0v) is 20.6. The molecule has 1 aliphatic rings. The number of rotatable bonds is 7. The van der Waals surface area contributed by atoms with Gasteiger partial charge in [0.2, 0.25) is 5.91 Å². The number of anilines is 2. The molecule has 8 nitrogen and oxygen atoms in total. The number of benzene rings is 3. The normalized spacial score (nSPS) is 14.2. The lowest BCUT2D eigenvalue weighted by Crippen LogP contribution is -2.19. The molecule has 38 heavy (non-hydrogen) atoms. The Morgan fingerprint density at radius 2 is 1.76 bits per heavy atom. The van der Waals surface area contributed by atoms with Crippen LogP contribution in [-0.4, -0.2) is 31.4 Å². The van der Waals surface area contributed by atoms with Crippen molar-refractivity contribution in [1.29, 1.82) is 0 Å². The number of nitrogens with zero attached hydrogens (tertiary/aromatic N) is 4. The van der Waals surface area contributed by atoms with Gasteiger partial charge in [-0.05, 0) is 65.9 Å². The number of amides is 2. The van der Waals surface area contributed by atoms with Gasteiger partial charge in [0.15, 0.2) is 0 Å². The minimum Gasteiger partial charge on any atom is -0.323 e. The Morgan fingerprint density at radius 1 is 0.895 bits per heavy atom. The second-order valence-electron chi connectivity index (χ2n) is 9.36. The summed E-state index contributed by atoms with van der Waals surface area (Å²) in [5, 5.41) is 14.6. The molecule has 0 saturated carbocycles. The Kier molecular flexibility index (Phi) is 6.27. The summed E-state index contributed by atoms with van der Waals surface area (Å²) in [6.07, 6.45) is 8.76. The Bertz CT molecular complexity index is 1590. The third-order valence-corrected chi connectivity index (χ3v) is 6.79. The van der Waals surface area contributed by atoms with Crippen LogP contribution in [0.15, 0.2) is 104 Å². The summed E-state index contributed by atoms with van der Waals surface area (Å²) in [4.78, 5) is 25.9. The number of aryl methyl sites for hydroxylation is 1. The lowest BCUT2D eigenvalue weighted by atomic mass is 10.0. The maximum absolute atomic E-state index is 12.9. The highest BCUT2D eigenvalue weighted by Crippen LogP contribution is 2.33. The van der Waals surface area contributed by atoms with E-state index in [9.17, 15) is 9.59 Å². The standard InChI is InChI=1S/C30H26N6O2/c37-29(33-24-12-9-21(10-13-24)19-35-16-4-15-31-35)23-6-3-7-26(17-23)36-20-25(18-32-36)34-30(38)28-14-11-22-5-1-2-8-27(22)28/h1-10,12-13,15-18,20,28H,11,14,19H2,(H,33,37)(H,34,38). The van der Waals surface area contributed by atoms with Gasteiger partial charge in [-0.25, -0.2) is 4.68 Å². The van der Waals surface area contributed by atoms with Gasteiger partial charge >= 0.3 is 0 Å². The van der Waals surface area contributed by atoms with Gasteiger partial charge in [-0.3, -0.25) is 14.3 Å². The molecule has 0 aliphatic heterocycles. The van der Waals surface area contributed by atoms with Gasteiger partial charge in [0.25, 0.3) is 5.91 Å². The van der Waals surface area contributed by atoms with Crippen molar-refractivity contribution >= 4 is 23.2 Å². The third-order valence-electron chi connectivity index (χ3n) is 6.79. The number of nitrogens with one attached hydrogen (secondary N) is 2. The third kappa shape index (κ3) is 4.97. The monoisotopic (exact) mass is 502 g/mol. The molecule has 2 heterocycles. The quantitative estimate of drug-likeness (QED) is 0.326. The molecule has 0 fully saturated rings. The topological polar surface area (TPSA) is 93.8 Å². The highest BCUT2D eigenvalue weighted by Gasteiger charge is 2.28. The second kappa shape index (κ2) is 10.2. The number of carbonyl (C=O) groups excluding carboxylic acids is 2. The van der Waals surface area contributed by atoms with E-state index in [2.05, 4.69) is 26.9 Å². The van der Waals surface area contributed by atoms with Gasteiger partial charge in [0.1, 0.15) is 0 Å². The van der Waals surface area contributed by atoms with Crippen LogP contribution in [0.25, 0.3) is 5.69 Å². The molecule has 0 bridgehead atoms. The maximum atomic E-state index is 12.9. The molecule has 1 unspecified atom stereocenters. The van der Waals surface area contributed by atoms with Crippen LogP contribution in [0, 0.1) is 0 Å². The number of aromatic nitrogens is 4. The summed E-state index contributed by atoms with van der Waals surface area (Å²) in [5.74, 6) is -0.397. The van der Waals surface area contributed by atoms with Gasteiger partial charge in [-0.15, -0.1) is 0 Å². The molecule has 2 amide bonds. The minimum absolute atomic E-state index is 0.0294. The predicted molar refractivity (Wildman–Crippen MR) is 145 cm³/mol. The summed E-state index contributed by atoms with van der Waals surface area (Å²) in [5.41, 5.74) is 5.98. The molecule has 6 rings (SSSR count). The summed E-state index contributed by atoms with van der Waals surface area (Å²) in [6.45, 7) is 0.670. The van der Waals surface area contributed by atoms with E-state index in [-0.39, 0.29) is 17.7 Å². The van der Waals surface area contributed by atoms with E-state index in [1.54, 1.807) is 35.4 Å². The summed E-state index contributed by atoms with van der Waals surface area (Å²) < 4.78 is 3.50. The van der Waals surface area contributed by atoms with Crippen LogP contribution in [0.2, 0.25) is 0 Å². The number of carbonyl (C=O) groups is 2. The summed E-state index contributed by atoms with van der Waals surface area (Å²) >= 11 is 0. The smallest absolute Gasteiger partial charge is 0.255 e. The molecule has 3 aromatic carbocycles. The van der Waals surface area contributed by atoms with Crippen LogP contribution in [0.4, 0.5) is 11.4 Å². The van der Waals surface area contributed by atoms with Crippen molar-refractivity contribution in [3.8, 4) is 5.69 Å². The largest absolute Gasteiger partial charge is 0.323 e. The maximum Gasteiger partial charge on any atom is 0.255 e. The predicted octanol–water partition coefficient (Wildman–Crippen LogP) is 5.04. The Labute approximate surface area is 219 Å². The fourth-order valence-electron chi connectivity index (χ4n) is 4.85. The van der Waals surface area contributed by atoms with E-state index in [4.69, 9.17) is 0 Å². The van der Waals surface area contributed by atoms with E-state index in [1.165, 1.54) is 5.56 Å². The SMILES string of the molecule is O=C(Nc1ccc(Cn2cccn2)cc1)c1cccc(-n2cc(NC(=O)C3CCc4ccccc43)cn2)c1. The minimum atomic E-state index is -0.216. The van der Waals surface area contributed by atoms with E-state index in [1.807, 2.05) is 71.5 Å². The van der Waals surface area contributed by atoms with Gasteiger partial charge < -0.3 is 10.6 Å². The van der Waals surface area contributed by atoms with Crippen LogP contribution >= 0.6 is 0 Å². The van der Waals surface area contributed by atoms with E-state index >= 15 is 0 Å². The van der Waals surface area contributed by atoms with Gasteiger partial charge in [-0.1, -0.05) is 42.5 Å². The van der Waals surface area contributed by atoms with Crippen molar-refractivity contribution < 1.29 is 9.59 Å². The second-order valence-corrected chi connectivity index (χ2v) is 9.36. The molecular formula is C30H26N6O2. The van der Waals surface area contributed by atoms with Gasteiger partial charge in [0, 0.05) is 23.6 Å². The first-order chi connectivity index (χ1) is 18.6. The molecule has 1 aliphatic carbocycles. The molecule has 8 heteroatoms. The van der Waals surface area contributed by atoms with Crippen molar-refractivity contribution in [2.45, 2.75) is 25.3 Å². The molecule has 1 atom stereocenters. The van der Waals surface area contributed by atoms with Gasteiger partial charge in [-0.2, -0.15) is 10.2 Å². The summed E-state index contributed by atoms with van der Waals surface area (Å²) in [7, 11) is 0. The fraction of sp³-hybridized carbons (Fsp3) is 0.133. The zero-order chi connectivity index (χ0) is 25.9. The summed E-state index contributed by atoms with van der Waals surface area (Å²) in [6, 6.07) is 24.9. The molecule has 0 spiro atoms. The van der Waals surface area contributed by atoms with Crippen molar-refractivity contribution in [3.63, 3.8) is 0 Å². The average molecular weight is 503 g/mol. The van der Waals surface area contributed by atoms with E-state index in [0.29, 0.717) is 23.5 Å². The number of hydrogen-bond acceptors (Lipinski definition) is 4. The fourth-order valence-corrected chi connectivity index (χ4v) is 4.85. The Balaban J connectivity index is 1.10. The first kappa shape index (κ1) is 23.4. The Hall–Kier alpha value is -4.98. The molecule has 0 saturated heterocycles. The van der Waals surface area contributed by atoms with Crippen LogP contribution in [0.1, 0.15) is 39.4 Å². The first-order valence-corrected chi connectivity index (χ1v) is 12.5. The zero-order valence-electron chi connectivity index (χ0n) is 20.6. The van der Waals surface area contributed by atoms with Crippen molar-refractivity contribution in [2.75, 3.05) is 10.6 Å². The lowest BCUT2D eigenvalue weighted by Gasteiger charge is -2.11. The van der Waals surface area contributed by atoms with Crippen molar-refractivity contribution in [1.82, 2.24) is 19.6 Å². The highest BCUT2D eigenvalue weighted by atomic mass is 16.2. The Morgan fingerprint density at radius 3 is 2.61 bits per heavy atom. The van der Waals surface area contributed by atoms with Crippen LogP contribution in [-0.2, 0) is 17.8 Å². The van der Waals surface area contributed by atoms with Crippen LogP contribution < -0.4 is 10.6 Å². The molecule has 2 N–H and O–H groups in total. The first-order valence-electron chi connectivity index (χ1n) is 12.5. The van der Waals surface area contributed by atoms with Crippen LogP contribution in [0.3, 0.4) is 0 Å². The van der Waals surface area contributed by atoms with E-state index < -0.39 is 0 Å². The van der Waals surface area contributed by atoms with Crippen LogP contribution in [0.5, 0.6) is 0 Å². The molecular weight excluding hydrogens is 476 g/mol. The molecule has 5 aromatic rings. The number of fused-ring (bicyclic) bond motifs is 1. The van der Waals surface area contributed by atoms with Crippen molar-refractivity contribution in [2.24, 2.45) is 0 Å². The lowest BCUT2D eigenvalue weighted by molar-refractivity contribution is -0.117. The molecule has 0 radical (unpaired) electrons. The number of hydrogen-bond donors (Lipinski definition) is 2. The molecule has 188 valence electrons.